The first-order valence-electron chi connectivity index (χ1n) is 16.0. The Bertz CT molecular complexity index is 1470. The number of ether oxygens (including phenoxy) is 2. The molecule has 4 aliphatic rings. The molecule has 11 nitrogen and oxygen atoms in total. The summed E-state index contributed by atoms with van der Waals surface area (Å²) in [6.07, 6.45) is 2.18. The second-order valence-corrected chi connectivity index (χ2v) is 11.8. The Hall–Kier alpha value is -4.46. The molecule has 4 aliphatic heterocycles. The third-order valence-corrected chi connectivity index (χ3v) is 8.03. The number of carbonyl (C=O) groups excluding carboxylic acids is 2. The number of ketones is 1. The van der Waals surface area contributed by atoms with Gasteiger partial charge in [0.05, 0.1) is 12.6 Å². The van der Waals surface area contributed by atoms with Gasteiger partial charge in [0.15, 0.2) is 12.4 Å². The van der Waals surface area contributed by atoms with Crippen LogP contribution >= 0.6 is 0 Å². The molecule has 0 spiro atoms. The Labute approximate surface area is 271 Å². The summed E-state index contributed by atoms with van der Waals surface area (Å²) in [5, 5.41) is 12.3. The highest BCUT2D eigenvalue weighted by molar-refractivity contribution is 5.98. The van der Waals surface area contributed by atoms with Crippen molar-refractivity contribution in [3.63, 3.8) is 0 Å². The lowest BCUT2D eigenvalue weighted by molar-refractivity contribution is -0.154. The minimum absolute atomic E-state index is 0.00495. The van der Waals surface area contributed by atoms with Crippen molar-refractivity contribution < 1.29 is 32.2 Å². The number of piperidine rings is 1. The lowest BCUT2D eigenvalue weighted by atomic mass is 9.87. The number of amides is 1. The summed E-state index contributed by atoms with van der Waals surface area (Å²) in [6, 6.07) is 12.8. The second-order valence-electron chi connectivity index (χ2n) is 11.8. The second kappa shape index (κ2) is 16.4. The number of halogens is 3. The molecule has 1 fully saturated rings. The van der Waals surface area contributed by atoms with E-state index >= 15 is 0 Å². The van der Waals surface area contributed by atoms with Crippen LogP contribution in [0, 0.1) is 5.92 Å². The number of Topliss-reactive ketones (excluding diaryl/α,β-unsaturated/α-hetero) is 1. The Morgan fingerprint density at radius 2 is 1.62 bits per heavy atom. The smallest absolute Gasteiger partial charge is 0.422 e. The molecule has 14 heteroatoms. The van der Waals surface area contributed by atoms with Crippen molar-refractivity contribution in [1.29, 1.82) is 0 Å². The highest BCUT2D eigenvalue weighted by atomic mass is 19.4. The van der Waals surface area contributed by atoms with Gasteiger partial charge in [0.2, 0.25) is 11.9 Å². The van der Waals surface area contributed by atoms with Gasteiger partial charge >= 0.3 is 12.2 Å². The summed E-state index contributed by atoms with van der Waals surface area (Å²) in [6.45, 7) is 0.846. The molecule has 2 atom stereocenters. The molecule has 3 aromatic rings. The molecule has 2 unspecified atom stereocenters. The van der Waals surface area contributed by atoms with E-state index in [0.717, 1.165) is 62.8 Å². The van der Waals surface area contributed by atoms with Crippen molar-refractivity contribution >= 4 is 29.3 Å². The summed E-state index contributed by atoms with van der Waals surface area (Å²) in [5.74, 6) is 0.375. The maximum Gasteiger partial charge on any atom is 0.422 e. The Kier molecular flexibility index (Phi) is 11.8. The Balaban J connectivity index is 1.36. The van der Waals surface area contributed by atoms with Crippen LogP contribution in [-0.4, -0.2) is 65.2 Å². The molecule has 0 aliphatic carbocycles. The van der Waals surface area contributed by atoms with E-state index in [2.05, 4.69) is 36.2 Å². The third-order valence-electron chi connectivity index (χ3n) is 8.03. The minimum atomic E-state index is -4.58. The molecule has 252 valence electrons. The van der Waals surface area contributed by atoms with Crippen molar-refractivity contribution in [2.24, 2.45) is 5.92 Å². The molecular formula is C33H40F3N7O4. The molecule has 0 saturated carbocycles. The van der Waals surface area contributed by atoms with Crippen molar-refractivity contribution in [2.75, 3.05) is 36.9 Å². The van der Waals surface area contributed by atoms with Crippen LogP contribution in [0.4, 0.5) is 30.8 Å². The van der Waals surface area contributed by atoms with Gasteiger partial charge in [-0.3, -0.25) is 9.59 Å². The number of carbonyl (C=O) groups is 2. The van der Waals surface area contributed by atoms with Crippen LogP contribution in [0.2, 0.25) is 0 Å². The first-order chi connectivity index (χ1) is 22.7. The fourth-order valence-electron chi connectivity index (χ4n) is 5.55. The SMILES string of the molecule is O=C1NC(C2CCCNC2)C(=O)CCCCCCCOc2ccc(cc2)CNc2nc(nc(OCC(F)(F)F)n2)Nc2ccc1cc2. The zero-order valence-electron chi connectivity index (χ0n) is 26.1. The van der Waals surface area contributed by atoms with Crippen LogP contribution in [-0.2, 0) is 11.3 Å². The lowest BCUT2D eigenvalue weighted by Gasteiger charge is -2.30. The number of aromatic nitrogens is 3. The number of hydrogen-bond donors (Lipinski definition) is 4. The predicted molar refractivity (Wildman–Crippen MR) is 170 cm³/mol. The molecule has 5 heterocycles. The molecule has 6 bridgehead atoms. The van der Waals surface area contributed by atoms with E-state index in [4.69, 9.17) is 9.47 Å². The van der Waals surface area contributed by atoms with Crippen LogP contribution in [0.25, 0.3) is 0 Å². The topological polar surface area (TPSA) is 139 Å². The van der Waals surface area contributed by atoms with Gasteiger partial charge in [0.25, 0.3) is 5.91 Å². The number of alkyl halides is 3. The molecular weight excluding hydrogens is 615 g/mol. The van der Waals surface area contributed by atoms with Gasteiger partial charge < -0.3 is 30.7 Å². The fraction of sp³-hybridized carbons (Fsp3) is 0.485. The number of hydrogen-bond acceptors (Lipinski definition) is 10. The van der Waals surface area contributed by atoms with E-state index in [1.807, 2.05) is 24.3 Å². The van der Waals surface area contributed by atoms with E-state index in [1.54, 1.807) is 24.3 Å². The largest absolute Gasteiger partial charge is 0.494 e. The standard InChI is InChI=1S/C33H40F3N7O4/c34-33(35,36)21-47-32-42-30-38-19-22-9-15-26(16-10-22)46-18-5-3-1-2-4-8-27(44)28(24-7-6-17-37-20-24)40-29(45)23-11-13-25(14-12-23)39-31(41-30)43-32/h9-16,24,28,37H,1-8,17-21H2,(H,40,45)(H2,38,39,41,42,43). The zero-order chi connectivity index (χ0) is 33.1. The number of nitrogens with one attached hydrogen (secondary N) is 4. The zero-order valence-corrected chi connectivity index (χ0v) is 26.1. The van der Waals surface area contributed by atoms with Gasteiger partial charge in [-0.1, -0.05) is 31.4 Å². The van der Waals surface area contributed by atoms with Crippen molar-refractivity contribution in [3.05, 3.63) is 59.7 Å². The van der Waals surface area contributed by atoms with E-state index in [1.165, 1.54) is 0 Å². The number of fused-ring (bicyclic) bond motifs is 2. The minimum Gasteiger partial charge on any atom is -0.494 e. The number of benzene rings is 2. The van der Waals surface area contributed by atoms with E-state index in [9.17, 15) is 22.8 Å². The maximum atomic E-state index is 13.4. The van der Waals surface area contributed by atoms with E-state index < -0.39 is 24.8 Å². The average molecular weight is 656 g/mol. The van der Waals surface area contributed by atoms with Crippen LogP contribution in [0.15, 0.2) is 48.5 Å². The van der Waals surface area contributed by atoms with Crippen molar-refractivity contribution in [1.82, 2.24) is 25.6 Å². The highest BCUT2D eigenvalue weighted by Crippen LogP contribution is 2.23. The number of nitrogens with zero attached hydrogens (tertiary/aromatic N) is 3. The molecule has 0 radical (unpaired) electrons. The fourth-order valence-corrected chi connectivity index (χ4v) is 5.55. The van der Waals surface area contributed by atoms with Gasteiger partial charge in [-0.2, -0.15) is 28.1 Å². The quantitative estimate of drug-likeness (QED) is 0.283. The lowest BCUT2D eigenvalue weighted by Crippen LogP contribution is -2.50. The molecule has 1 aromatic heterocycles. The van der Waals surface area contributed by atoms with Gasteiger partial charge in [0, 0.05) is 30.8 Å². The summed E-state index contributed by atoms with van der Waals surface area (Å²) in [5.41, 5.74) is 1.71. The first-order valence-corrected chi connectivity index (χ1v) is 16.0. The predicted octanol–water partition coefficient (Wildman–Crippen LogP) is 5.57. The Morgan fingerprint density at radius 1 is 0.872 bits per heavy atom. The van der Waals surface area contributed by atoms with Gasteiger partial charge in [-0.15, -0.1) is 0 Å². The summed E-state index contributed by atoms with van der Waals surface area (Å²) in [4.78, 5) is 38.9. The molecule has 4 N–H and O–H groups in total. The maximum absolute atomic E-state index is 13.4. The molecule has 47 heavy (non-hydrogen) atoms. The molecule has 1 saturated heterocycles. The number of rotatable bonds is 3. The summed E-state index contributed by atoms with van der Waals surface area (Å²) in [7, 11) is 0. The summed E-state index contributed by atoms with van der Waals surface area (Å²) >= 11 is 0. The monoisotopic (exact) mass is 655 g/mol. The van der Waals surface area contributed by atoms with Crippen molar-refractivity contribution in [2.45, 2.75) is 70.1 Å². The van der Waals surface area contributed by atoms with Crippen LogP contribution < -0.4 is 30.7 Å². The van der Waals surface area contributed by atoms with Crippen LogP contribution in [0.3, 0.4) is 0 Å². The molecule has 7 rings (SSSR count). The third kappa shape index (κ3) is 10.8. The highest BCUT2D eigenvalue weighted by Gasteiger charge is 2.31. The van der Waals surface area contributed by atoms with E-state index in [0.29, 0.717) is 30.8 Å². The van der Waals surface area contributed by atoms with Crippen LogP contribution in [0.1, 0.15) is 67.3 Å². The normalized spacial score (nSPS) is 20.4. The molecule has 1 amide bonds. The number of anilines is 3. The summed E-state index contributed by atoms with van der Waals surface area (Å²) < 4.78 is 49.3. The van der Waals surface area contributed by atoms with Gasteiger partial charge in [-0.05, 0) is 80.1 Å². The van der Waals surface area contributed by atoms with Gasteiger partial charge in [0.1, 0.15) is 5.75 Å². The van der Waals surface area contributed by atoms with Crippen LogP contribution in [0.5, 0.6) is 11.8 Å². The Morgan fingerprint density at radius 3 is 2.36 bits per heavy atom. The van der Waals surface area contributed by atoms with E-state index in [-0.39, 0.29) is 36.0 Å². The average Bonchev–Trinajstić information content (AvgIpc) is 3.07. The molecule has 2 aromatic carbocycles. The van der Waals surface area contributed by atoms with Gasteiger partial charge in [-0.25, -0.2) is 0 Å². The first kappa shape index (κ1) is 33.9. The van der Waals surface area contributed by atoms with Crippen molar-refractivity contribution in [3.8, 4) is 11.8 Å².